The summed E-state index contributed by atoms with van der Waals surface area (Å²) in [5.74, 6) is -0.751. The summed E-state index contributed by atoms with van der Waals surface area (Å²) < 4.78 is 14.6. The Labute approximate surface area is 182 Å². The van der Waals surface area contributed by atoms with Crippen molar-refractivity contribution in [2.24, 2.45) is 11.8 Å². The van der Waals surface area contributed by atoms with Crippen LogP contribution >= 0.6 is 0 Å². The molecule has 31 heavy (non-hydrogen) atoms. The molecule has 4 unspecified atom stereocenters. The number of carboxylic acids is 1. The van der Waals surface area contributed by atoms with Crippen LogP contribution < -0.4 is 0 Å². The molecule has 2 saturated carbocycles. The number of fused-ring (bicyclic) bond motifs is 2. The lowest BCUT2D eigenvalue weighted by atomic mass is 9.71. The van der Waals surface area contributed by atoms with E-state index in [4.69, 9.17) is 0 Å². The highest BCUT2D eigenvalue weighted by atomic mass is 19.1. The summed E-state index contributed by atoms with van der Waals surface area (Å²) in [6.07, 6.45) is 8.61. The molecule has 0 bridgehead atoms. The summed E-state index contributed by atoms with van der Waals surface area (Å²) in [6.45, 7) is 2.76. The third kappa shape index (κ3) is 3.64. The third-order valence-corrected chi connectivity index (χ3v) is 7.86. The van der Waals surface area contributed by atoms with Gasteiger partial charge in [0.1, 0.15) is 5.82 Å². The number of hydrogen-bond donors (Lipinski definition) is 2. The van der Waals surface area contributed by atoms with Crippen molar-refractivity contribution in [2.45, 2.75) is 76.2 Å². The first kappa shape index (κ1) is 20.5. The van der Waals surface area contributed by atoms with Crippen molar-refractivity contribution in [3.8, 4) is 0 Å². The fourth-order valence-electron chi connectivity index (χ4n) is 6.21. The fourth-order valence-corrected chi connectivity index (χ4v) is 6.21. The van der Waals surface area contributed by atoms with E-state index < -0.39 is 5.97 Å². The van der Waals surface area contributed by atoms with E-state index in [1.54, 1.807) is 12.1 Å². The molecule has 2 aromatic rings. The van der Waals surface area contributed by atoms with Crippen LogP contribution in [0.25, 0.3) is 10.9 Å². The first-order valence-electron chi connectivity index (χ1n) is 11.8. The topological polar surface area (TPSA) is 73.4 Å². The molecule has 1 aliphatic heterocycles. The van der Waals surface area contributed by atoms with Crippen LogP contribution in [0.2, 0.25) is 0 Å². The smallest absolute Gasteiger partial charge is 0.306 e. The number of halogens is 1. The first-order valence-corrected chi connectivity index (χ1v) is 11.8. The monoisotopic (exact) mass is 426 g/mol. The minimum Gasteiger partial charge on any atom is -0.481 e. The highest BCUT2D eigenvalue weighted by Crippen LogP contribution is 2.46. The van der Waals surface area contributed by atoms with Gasteiger partial charge in [-0.2, -0.15) is 0 Å². The zero-order valence-corrected chi connectivity index (χ0v) is 18.1. The molecular formula is C25H31FN2O3. The van der Waals surface area contributed by atoms with Gasteiger partial charge in [-0.15, -0.1) is 0 Å². The van der Waals surface area contributed by atoms with Crippen LogP contribution in [0.3, 0.4) is 0 Å². The van der Waals surface area contributed by atoms with Crippen molar-refractivity contribution in [2.75, 3.05) is 6.54 Å². The maximum Gasteiger partial charge on any atom is 0.306 e. The average Bonchev–Trinajstić information content (AvgIpc) is 3.50. The molecule has 3 fully saturated rings. The van der Waals surface area contributed by atoms with E-state index in [1.807, 2.05) is 18.0 Å². The number of carboxylic acid groups (broad SMARTS) is 1. The van der Waals surface area contributed by atoms with Crippen molar-refractivity contribution in [1.29, 1.82) is 0 Å². The highest BCUT2D eigenvalue weighted by molar-refractivity contribution is 5.89. The van der Waals surface area contributed by atoms with E-state index in [1.165, 1.54) is 0 Å². The molecule has 2 N–H and O–H groups in total. The van der Waals surface area contributed by atoms with Crippen LogP contribution in [0.4, 0.5) is 4.39 Å². The summed E-state index contributed by atoms with van der Waals surface area (Å²) in [6, 6.07) is 3.38. The summed E-state index contributed by atoms with van der Waals surface area (Å²) in [5.41, 5.74) is 2.76. The largest absolute Gasteiger partial charge is 0.481 e. The second kappa shape index (κ2) is 7.95. The summed E-state index contributed by atoms with van der Waals surface area (Å²) >= 11 is 0. The normalized spacial score (nSPS) is 27.2. The molecule has 2 heterocycles. The van der Waals surface area contributed by atoms with Crippen LogP contribution in [-0.2, 0) is 9.59 Å². The van der Waals surface area contributed by atoms with E-state index in [-0.39, 0.29) is 35.5 Å². The van der Waals surface area contributed by atoms with Crippen molar-refractivity contribution in [1.82, 2.24) is 9.88 Å². The highest BCUT2D eigenvalue weighted by Gasteiger charge is 2.43. The van der Waals surface area contributed by atoms with Crippen LogP contribution in [0.1, 0.15) is 81.3 Å². The van der Waals surface area contributed by atoms with Crippen molar-refractivity contribution in [3.63, 3.8) is 0 Å². The van der Waals surface area contributed by atoms with Crippen molar-refractivity contribution >= 4 is 22.8 Å². The molecular weight excluding hydrogens is 395 g/mol. The first-order chi connectivity index (χ1) is 15.0. The van der Waals surface area contributed by atoms with E-state index in [0.717, 1.165) is 73.5 Å². The Balaban J connectivity index is 1.37. The lowest BCUT2D eigenvalue weighted by molar-refractivity contribution is -0.152. The van der Waals surface area contributed by atoms with Gasteiger partial charge in [0.2, 0.25) is 5.91 Å². The number of nitrogens with one attached hydrogen (secondary N) is 1. The zero-order valence-electron chi connectivity index (χ0n) is 18.1. The molecule has 3 aliphatic rings. The van der Waals surface area contributed by atoms with Crippen molar-refractivity contribution < 1.29 is 19.1 Å². The Kier molecular flexibility index (Phi) is 5.27. The van der Waals surface area contributed by atoms with Crippen LogP contribution in [0.5, 0.6) is 0 Å². The molecule has 5 nitrogen and oxygen atoms in total. The number of H-pyrrole nitrogens is 1. The third-order valence-electron chi connectivity index (χ3n) is 7.86. The predicted octanol–water partition coefficient (Wildman–Crippen LogP) is 5.17. The van der Waals surface area contributed by atoms with Gasteiger partial charge in [0.05, 0.1) is 5.92 Å². The fraction of sp³-hybridized carbons (Fsp3) is 0.600. The molecule has 4 atom stereocenters. The maximum atomic E-state index is 14.6. The van der Waals surface area contributed by atoms with E-state index >= 15 is 0 Å². The second-order valence-electron chi connectivity index (χ2n) is 9.84. The van der Waals surface area contributed by atoms with Crippen LogP contribution in [0.15, 0.2) is 18.3 Å². The Hall–Kier alpha value is -2.37. The summed E-state index contributed by atoms with van der Waals surface area (Å²) in [7, 11) is 0. The summed E-state index contributed by atoms with van der Waals surface area (Å²) in [5, 5.41) is 10.6. The number of likely N-dealkylation sites (tertiary alicyclic amines) is 1. The molecule has 6 heteroatoms. The molecule has 1 amide bonds. The Morgan fingerprint density at radius 3 is 2.74 bits per heavy atom. The van der Waals surface area contributed by atoms with E-state index in [0.29, 0.717) is 12.3 Å². The van der Waals surface area contributed by atoms with Gasteiger partial charge in [0.15, 0.2) is 0 Å². The molecule has 0 radical (unpaired) electrons. The van der Waals surface area contributed by atoms with Crippen molar-refractivity contribution in [3.05, 3.63) is 35.3 Å². The minimum absolute atomic E-state index is 0.0280. The number of benzene rings is 1. The van der Waals surface area contributed by atoms with Gasteiger partial charge in [-0.3, -0.25) is 9.59 Å². The number of aromatic nitrogens is 1. The SMILES string of the molecule is CC(CC(=O)N1CCCC2C(C(=O)O)CCCC21)c1c[nH]c2ccc(F)c(C3CC3)c12. The Morgan fingerprint density at radius 2 is 2.00 bits per heavy atom. The number of hydrogen-bond acceptors (Lipinski definition) is 2. The van der Waals surface area contributed by atoms with Gasteiger partial charge in [-0.05, 0) is 74.0 Å². The number of nitrogens with zero attached hydrogens (tertiary/aromatic N) is 1. The van der Waals surface area contributed by atoms with Gasteiger partial charge in [0, 0.05) is 41.7 Å². The van der Waals surface area contributed by atoms with Gasteiger partial charge in [-0.1, -0.05) is 13.3 Å². The quantitative estimate of drug-likeness (QED) is 0.693. The lowest BCUT2D eigenvalue weighted by Crippen LogP contribution is -2.53. The Bertz CT molecular complexity index is 1010. The maximum absolute atomic E-state index is 14.6. The summed E-state index contributed by atoms with van der Waals surface area (Å²) in [4.78, 5) is 30.3. The number of aromatic amines is 1. The number of carbonyl (C=O) groups excluding carboxylic acids is 1. The van der Waals surface area contributed by atoms with Gasteiger partial charge in [-0.25, -0.2) is 4.39 Å². The van der Waals surface area contributed by atoms with E-state index in [2.05, 4.69) is 4.98 Å². The van der Waals surface area contributed by atoms with Gasteiger partial charge in [0.25, 0.3) is 0 Å². The zero-order chi connectivity index (χ0) is 21.7. The molecule has 1 aromatic carbocycles. The minimum atomic E-state index is -0.717. The van der Waals surface area contributed by atoms with Crippen LogP contribution in [-0.4, -0.2) is 39.5 Å². The predicted molar refractivity (Wildman–Crippen MR) is 116 cm³/mol. The lowest BCUT2D eigenvalue weighted by Gasteiger charge is -2.46. The number of rotatable bonds is 5. The molecule has 1 saturated heterocycles. The molecule has 1 aromatic heterocycles. The number of aliphatic carboxylic acids is 1. The standard InChI is InChI=1S/C25H31FN2O3/c1-14(18-13-27-20-10-9-19(26)23(24(18)20)15-7-8-15)12-22(29)28-11-3-5-16-17(25(30)31)4-2-6-21(16)28/h9-10,13-17,21,27H,2-8,11-12H2,1H3,(H,30,31). The molecule has 166 valence electrons. The number of carbonyl (C=O) groups is 2. The number of amides is 1. The number of piperidine rings is 1. The van der Waals surface area contributed by atoms with E-state index in [9.17, 15) is 19.1 Å². The molecule has 0 spiro atoms. The van der Waals surface area contributed by atoms with Gasteiger partial charge >= 0.3 is 5.97 Å². The second-order valence-corrected chi connectivity index (χ2v) is 9.84. The average molecular weight is 427 g/mol. The molecule has 5 rings (SSSR count). The Morgan fingerprint density at radius 1 is 1.19 bits per heavy atom. The molecule has 2 aliphatic carbocycles. The van der Waals surface area contributed by atoms with Crippen LogP contribution in [0, 0.1) is 17.7 Å². The van der Waals surface area contributed by atoms with Gasteiger partial charge < -0.3 is 15.0 Å².